The standard InChI is InChI=1S/C21H21N3O3/c1-13(2)17-6-4-5-7-19(17)22-12-18-14(3)23-24(20(18)25)16-10-8-15(9-11-16)21(26)27/h4-13,22H,1-3H3,(H,26,27)/b18-12-. The number of hydrogen-bond acceptors (Lipinski definition) is 4. The number of benzene rings is 2. The van der Waals surface area contributed by atoms with Crippen molar-refractivity contribution >= 4 is 29.0 Å². The molecular formula is C21H21N3O3. The van der Waals surface area contributed by atoms with E-state index in [1.807, 2.05) is 18.2 Å². The van der Waals surface area contributed by atoms with Crippen LogP contribution in [0, 0.1) is 0 Å². The number of carbonyl (C=O) groups excluding carboxylic acids is 1. The van der Waals surface area contributed by atoms with Crippen molar-refractivity contribution in [2.24, 2.45) is 5.10 Å². The second-order valence-corrected chi connectivity index (χ2v) is 6.60. The highest BCUT2D eigenvalue weighted by Crippen LogP contribution is 2.26. The Labute approximate surface area is 157 Å². The molecule has 0 aromatic heterocycles. The Bertz CT molecular complexity index is 943. The molecule has 1 aliphatic heterocycles. The molecule has 0 saturated carbocycles. The molecule has 2 aromatic rings. The number of para-hydroxylation sites is 1. The minimum absolute atomic E-state index is 0.161. The molecule has 1 aliphatic rings. The summed E-state index contributed by atoms with van der Waals surface area (Å²) in [4.78, 5) is 23.7. The predicted octanol–water partition coefficient (Wildman–Crippen LogP) is 4.23. The van der Waals surface area contributed by atoms with E-state index in [0.717, 1.165) is 11.3 Å². The molecule has 27 heavy (non-hydrogen) atoms. The largest absolute Gasteiger partial charge is 0.478 e. The van der Waals surface area contributed by atoms with Crippen LogP contribution in [0.5, 0.6) is 0 Å². The number of anilines is 2. The van der Waals surface area contributed by atoms with Gasteiger partial charge < -0.3 is 10.4 Å². The third kappa shape index (κ3) is 3.74. The molecule has 138 valence electrons. The number of carboxylic acids is 1. The molecule has 0 atom stereocenters. The van der Waals surface area contributed by atoms with Gasteiger partial charge in [0.15, 0.2) is 0 Å². The van der Waals surface area contributed by atoms with Gasteiger partial charge in [0.25, 0.3) is 5.91 Å². The van der Waals surface area contributed by atoms with Gasteiger partial charge in [-0.3, -0.25) is 4.79 Å². The molecule has 0 aliphatic carbocycles. The molecule has 2 N–H and O–H groups in total. The lowest BCUT2D eigenvalue weighted by molar-refractivity contribution is -0.114. The number of nitrogens with one attached hydrogen (secondary N) is 1. The van der Waals surface area contributed by atoms with E-state index in [4.69, 9.17) is 5.11 Å². The van der Waals surface area contributed by atoms with E-state index >= 15 is 0 Å². The maximum absolute atomic E-state index is 12.8. The van der Waals surface area contributed by atoms with Crippen molar-refractivity contribution in [2.45, 2.75) is 26.7 Å². The van der Waals surface area contributed by atoms with E-state index in [9.17, 15) is 9.59 Å². The van der Waals surface area contributed by atoms with Crippen molar-refractivity contribution in [1.29, 1.82) is 0 Å². The van der Waals surface area contributed by atoms with Crippen molar-refractivity contribution in [1.82, 2.24) is 0 Å². The first-order valence-electron chi connectivity index (χ1n) is 8.67. The first-order chi connectivity index (χ1) is 12.9. The molecule has 3 rings (SSSR count). The maximum Gasteiger partial charge on any atom is 0.335 e. The lowest BCUT2D eigenvalue weighted by Crippen LogP contribution is -2.21. The Balaban J connectivity index is 1.83. The summed E-state index contributed by atoms with van der Waals surface area (Å²) >= 11 is 0. The summed E-state index contributed by atoms with van der Waals surface area (Å²) in [5, 5.41) is 17.8. The number of carbonyl (C=O) groups is 2. The number of aromatic carboxylic acids is 1. The molecule has 0 radical (unpaired) electrons. The van der Waals surface area contributed by atoms with Gasteiger partial charge in [-0.25, -0.2) is 4.79 Å². The smallest absolute Gasteiger partial charge is 0.335 e. The predicted molar refractivity (Wildman–Crippen MR) is 106 cm³/mol. The number of hydrazone groups is 1. The zero-order valence-corrected chi connectivity index (χ0v) is 15.4. The molecule has 0 fully saturated rings. The minimum atomic E-state index is -1.01. The molecule has 0 spiro atoms. The minimum Gasteiger partial charge on any atom is -0.478 e. The number of hydrogen-bond donors (Lipinski definition) is 2. The number of amides is 1. The Hall–Kier alpha value is -3.41. The van der Waals surface area contributed by atoms with E-state index < -0.39 is 5.97 Å². The van der Waals surface area contributed by atoms with Crippen molar-refractivity contribution < 1.29 is 14.7 Å². The van der Waals surface area contributed by atoms with Crippen LogP contribution in [0.4, 0.5) is 11.4 Å². The Morgan fingerprint density at radius 2 is 1.81 bits per heavy atom. The lowest BCUT2D eigenvalue weighted by Gasteiger charge is -2.13. The molecule has 0 bridgehead atoms. The SMILES string of the molecule is CC1=NN(c2ccc(C(=O)O)cc2)C(=O)/C1=C\Nc1ccccc1C(C)C. The molecule has 1 amide bonds. The second-order valence-electron chi connectivity index (χ2n) is 6.60. The molecule has 2 aromatic carbocycles. The van der Waals surface area contributed by atoms with Crippen LogP contribution in [0.1, 0.15) is 42.6 Å². The van der Waals surface area contributed by atoms with Gasteiger partial charge in [0.1, 0.15) is 0 Å². The van der Waals surface area contributed by atoms with Crippen LogP contribution in [-0.2, 0) is 4.79 Å². The topological polar surface area (TPSA) is 82.0 Å². The summed E-state index contributed by atoms with van der Waals surface area (Å²) in [6.45, 7) is 6.00. The third-order valence-electron chi connectivity index (χ3n) is 4.38. The number of carboxylic acid groups (broad SMARTS) is 1. The first-order valence-corrected chi connectivity index (χ1v) is 8.67. The van der Waals surface area contributed by atoms with Gasteiger partial charge in [-0.15, -0.1) is 0 Å². The van der Waals surface area contributed by atoms with Gasteiger partial charge in [-0.1, -0.05) is 32.0 Å². The summed E-state index contributed by atoms with van der Waals surface area (Å²) in [6, 6.07) is 14.0. The highest BCUT2D eigenvalue weighted by atomic mass is 16.4. The van der Waals surface area contributed by atoms with Gasteiger partial charge in [0, 0.05) is 11.9 Å². The maximum atomic E-state index is 12.8. The van der Waals surface area contributed by atoms with Crippen molar-refractivity contribution in [3.63, 3.8) is 0 Å². The summed E-state index contributed by atoms with van der Waals surface area (Å²) in [7, 11) is 0. The third-order valence-corrected chi connectivity index (χ3v) is 4.38. The Kier molecular flexibility index (Phi) is 5.07. The van der Waals surface area contributed by atoms with Crippen LogP contribution in [-0.4, -0.2) is 22.7 Å². The Morgan fingerprint density at radius 1 is 1.15 bits per heavy atom. The van der Waals surface area contributed by atoms with Gasteiger partial charge in [0.2, 0.25) is 0 Å². The van der Waals surface area contributed by atoms with E-state index in [2.05, 4.69) is 30.3 Å². The summed E-state index contributed by atoms with van der Waals surface area (Å²) < 4.78 is 0. The molecule has 0 unspecified atom stereocenters. The highest BCUT2D eigenvalue weighted by Gasteiger charge is 2.28. The van der Waals surface area contributed by atoms with Crippen molar-refractivity contribution in [3.05, 3.63) is 71.4 Å². The van der Waals surface area contributed by atoms with Crippen LogP contribution >= 0.6 is 0 Å². The molecule has 6 heteroatoms. The molecule has 1 heterocycles. The average Bonchev–Trinajstić information content (AvgIpc) is 2.94. The van der Waals surface area contributed by atoms with E-state index in [-0.39, 0.29) is 11.5 Å². The molecular weight excluding hydrogens is 342 g/mol. The first kappa shape index (κ1) is 18.4. The second kappa shape index (κ2) is 7.45. The number of rotatable bonds is 5. The van der Waals surface area contributed by atoms with Crippen LogP contribution in [0.15, 0.2) is 65.4 Å². The zero-order valence-electron chi connectivity index (χ0n) is 15.4. The van der Waals surface area contributed by atoms with Crippen molar-refractivity contribution in [2.75, 3.05) is 10.3 Å². The normalized spacial score (nSPS) is 15.4. The van der Waals surface area contributed by atoms with Crippen molar-refractivity contribution in [3.8, 4) is 0 Å². The van der Waals surface area contributed by atoms with Crippen LogP contribution in [0.2, 0.25) is 0 Å². The van der Waals surface area contributed by atoms with Gasteiger partial charge in [-0.05, 0) is 48.7 Å². The average molecular weight is 363 g/mol. The fraction of sp³-hybridized carbons (Fsp3) is 0.190. The molecule has 0 saturated heterocycles. The van der Waals surface area contributed by atoms with Gasteiger partial charge in [-0.2, -0.15) is 10.1 Å². The zero-order chi connectivity index (χ0) is 19.6. The fourth-order valence-corrected chi connectivity index (χ4v) is 2.89. The van der Waals surface area contributed by atoms with Crippen LogP contribution in [0.3, 0.4) is 0 Å². The van der Waals surface area contributed by atoms with Crippen LogP contribution in [0.25, 0.3) is 0 Å². The fourth-order valence-electron chi connectivity index (χ4n) is 2.89. The summed E-state index contributed by atoms with van der Waals surface area (Å²) in [5.41, 5.74) is 3.86. The molecule has 6 nitrogen and oxygen atoms in total. The monoisotopic (exact) mass is 363 g/mol. The summed E-state index contributed by atoms with van der Waals surface area (Å²) in [5.74, 6) is -0.918. The van der Waals surface area contributed by atoms with Gasteiger partial charge >= 0.3 is 5.97 Å². The van der Waals surface area contributed by atoms with E-state index in [0.29, 0.717) is 22.9 Å². The van der Waals surface area contributed by atoms with E-state index in [1.54, 1.807) is 25.3 Å². The lowest BCUT2D eigenvalue weighted by atomic mass is 10.0. The Morgan fingerprint density at radius 3 is 2.44 bits per heavy atom. The summed E-state index contributed by atoms with van der Waals surface area (Å²) in [6.07, 6.45) is 1.67. The van der Waals surface area contributed by atoms with Gasteiger partial charge in [0.05, 0.1) is 22.5 Å². The van der Waals surface area contributed by atoms with E-state index in [1.165, 1.54) is 17.1 Å². The number of nitrogens with zero attached hydrogens (tertiary/aromatic N) is 2. The highest BCUT2D eigenvalue weighted by molar-refractivity contribution is 6.29. The van der Waals surface area contributed by atoms with Crippen LogP contribution < -0.4 is 10.3 Å². The quantitative estimate of drug-likeness (QED) is 0.779.